The third kappa shape index (κ3) is 8.45. The number of ether oxygens (including phenoxy) is 1. The van der Waals surface area contributed by atoms with Crippen LogP contribution in [0.3, 0.4) is 0 Å². The Kier molecular flexibility index (Phi) is 12.5. The Morgan fingerprint density at radius 3 is 2.12 bits per heavy atom. The van der Waals surface area contributed by atoms with Crippen LogP contribution in [0.5, 0.6) is 0 Å². The van der Waals surface area contributed by atoms with Crippen LogP contribution in [0.4, 0.5) is 0 Å². The van der Waals surface area contributed by atoms with Crippen molar-refractivity contribution in [2.24, 2.45) is 17.3 Å². The number of hydroxylamine groups is 2. The van der Waals surface area contributed by atoms with E-state index in [2.05, 4.69) is 10.6 Å². The molecule has 0 aliphatic carbocycles. The van der Waals surface area contributed by atoms with Crippen molar-refractivity contribution in [2.75, 3.05) is 20.2 Å². The van der Waals surface area contributed by atoms with E-state index >= 15 is 0 Å². The van der Waals surface area contributed by atoms with Crippen LogP contribution in [-0.2, 0) is 33.5 Å². The number of esters is 1. The molecule has 246 valence electrons. The van der Waals surface area contributed by atoms with Crippen LogP contribution in [0.25, 0.3) is 0 Å². The molecule has 8 atom stereocenters. The first-order valence-corrected chi connectivity index (χ1v) is 15.3. The minimum Gasteiger partial charge on any atom is -0.459 e. The Balaban J connectivity index is 2.49. The van der Waals surface area contributed by atoms with Gasteiger partial charge in [-0.3, -0.25) is 24.0 Å². The van der Waals surface area contributed by atoms with Crippen molar-refractivity contribution in [3.8, 4) is 0 Å². The van der Waals surface area contributed by atoms with E-state index in [1.165, 1.54) is 32.7 Å². The van der Waals surface area contributed by atoms with E-state index in [4.69, 9.17) is 9.57 Å². The van der Waals surface area contributed by atoms with Crippen molar-refractivity contribution in [2.45, 2.75) is 123 Å². The lowest BCUT2D eigenvalue weighted by molar-refractivity contribution is -0.316. The maximum atomic E-state index is 13.6. The number of rotatable bonds is 9. The Labute approximate surface area is 255 Å². The molecule has 3 fully saturated rings. The van der Waals surface area contributed by atoms with Gasteiger partial charge in [0.15, 0.2) is 5.60 Å². The predicted molar refractivity (Wildman–Crippen MR) is 157 cm³/mol. The van der Waals surface area contributed by atoms with Gasteiger partial charge in [0.1, 0.15) is 24.2 Å². The van der Waals surface area contributed by atoms with Gasteiger partial charge in [-0.2, -0.15) is 0 Å². The monoisotopic (exact) mass is 612 g/mol. The highest BCUT2D eigenvalue weighted by atomic mass is 16.7. The zero-order valence-corrected chi connectivity index (χ0v) is 27.1. The molecule has 13 nitrogen and oxygen atoms in total. The van der Waals surface area contributed by atoms with Gasteiger partial charge < -0.3 is 30.5 Å². The lowest BCUT2D eigenvalue weighted by Gasteiger charge is -2.48. The quantitative estimate of drug-likeness (QED) is 0.218. The van der Waals surface area contributed by atoms with Gasteiger partial charge in [0, 0.05) is 13.7 Å². The second kappa shape index (κ2) is 14.8. The molecule has 13 heteroatoms. The summed E-state index contributed by atoms with van der Waals surface area (Å²) in [6.45, 7) is 12.9. The van der Waals surface area contributed by atoms with Gasteiger partial charge in [0.25, 0.3) is 11.8 Å². The van der Waals surface area contributed by atoms with Crippen LogP contribution < -0.4 is 10.6 Å². The fourth-order valence-electron chi connectivity index (χ4n) is 5.85. The molecule has 2 bridgehead atoms. The average Bonchev–Trinajstić information content (AvgIpc) is 2.91. The third-order valence-electron chi connectivity index (χ3n) is 8.65. The Morgan fingerprint density at radius 1 is 0.953 bits per heavy atom. The molecule has 3 aliphatic rings. The van der Waals surface area contributed by atoms with Crippen molar-refractivity contribution in [3.05, 3.63) is 0 Å². The first-order valence-electron chi connectivity index (χ1n) is 15.3. The van der Waals surface area contributed by atoms with E-state index in [9.17, 15) is 34.2 Å². The van der Waals surface area contributed by atoms with Crippen molar-refractivity contribution < 1.29 is 43.8 Å². The van der Waals surface area contributed by atoms with Gasteiger partial charge in [-0.05, 0) is 72.1 Å². The summed E-state index contributed by atoms with van der Waals surface area (Å²) < 4.78 is 5.94. The molecule has 3 saturated heterocycles. The smallest absolute Gasteiger partial charge is 0.328 e. The molecular weight excluding hydrogens is 560 g/mol. The van der Waals surface area contributed by atoms with Crippen LogP contribution in [0.15, 0.2) is 0 Å². The number of carbonyl (C=O) groups is 5. The van der Waals surface area contributed by atoms with Crippen LogP contribution in [0.2, 0.25) is 0 Å². The summed E-state index contributed by atoms with van der Waals surface area (Å²) in [5.41, 5.74) is -2.75. The summed E-state index contributed by atoms with van der Waals surface area (Å²) in [5, 5.41) is 26.2. The lowest BCUT2D eigenvalue weighted by Crippen LogP contribution is -2.70. The minimum absolute atomic E-state index is 0.0981. The van der Waals surface area contributed by atoms with Gasteiger partial charge in [-0.15, -0.1) is 0 Å². The van der Waals surface area contributed by atoms with Gasteiger partial charge in [-0.1, -0.05) is 27.2 Å². The molecule has 4 N–H and O–H groups in total. The zero-order chi connectivity index (χ0) is 32.9. The molecule has 0 aromatic carbocycles. The maximum absolute atomic E-state index is 13.6. The molecule has 0 saturated carbocycles. The first kappa shape index (κ1) is 36.4. The summed E-state index contributed by atoms with van der Waals surface area (Å²) in [5.74, 6) is -3.93. The fourth-order valence-corrected chi connectivity index (χ4v) is 5.85. The number of nitrogens with zero attached hydrogens (tertiary/aromatic N) is 2. The topological polar surface area (TPSA) is 175 Å². The number of likely N-dealkylation sites (N-methyl/N-ethyl adjacent to an activating group) is 1. The van der Waals surface area contributed by atoms with Crippen molar-refractivity contribution in [3.63, 3.8) is 0 Å². The highest BCUT2D eigenvalue weighted by Crippen LogP contribution is 2.34. The standard InChI is InChI=1S/C30H52N4O9/c1-10-11-21(36)13-12-18(3)23-29(6,7)27(40)32-19(4)25(38)34-16-30(8,43-34)28(41)33(9)22(17(2)14-15-35)24(37)31-20(5)26(39)42-23/h17-23,35-36H,10-16H2,1-9H3,(H,31,37)(H,32,40)/t17-,18+,19-,20-,21-,22-,23-,30-/m0/s1. The second-order valence-corrected chi connectivity index (χ2v) is 13.0. The van der Waals surface area contributed by atoms with Crippen LogP contribution in [-0.4, -0.2) is 106 Å². The van der Waals surface area contributed by atoms with E-state index in [0.29, 0.717) is 19.3 Å². The van der Waals surface area contributed by atoms with E-state index in [1.807, 2.05) is 13.8 Å². The van der Waals surface area contributed by atoms with Gasteiger partial charge >= 0.3 is 5.97 Å². The minimum atomic E-state index is -1.44. The lowest BCUT2D eigenvalue weighted by atomic mass is 9.77. The Hall–Kier alpha value is -2.77. The number of hydrogen-bond acceptors (Lipinski definition) is 9. The molecule has 0 aromatic rings. The Bertz CT molecular complexity index is 1030. The Morgan fingerprint density at radius 2 is 1.56 bits per heavy atom. The number of hydrogen-bond donors (Lipinski definition) is 4. The number of aliphatic hydroxyl groups excluding tert-OH is 2. The predicted octanol–water partition coefficient (Wildman–Crippen LogP) is 0.903. The number of fused-ring (bicyclic) bond motifs is 13. The summed E-state index contributed by atoms with van der Waals surface area (Å²) in [6, 6.07) is -3.22. The van der Waals surface area contributed by atoms with E-state index in [-0.39, 0.29) is 25.5 Å². The molecular formula is C30H52N4O9. The largest absolute Gasteiger partial charge is 0.459 e. The van der Waals surface area contributed by atoms with E-state index in [1.54, 1.807) is 20.8 Å². The van der Waals surface area contributed by atoms with Gasteiger partial charge in [0.2, 0.25) is 11.8 Å². The van der Waals surface area contributed by atoms with Crippen molar-refractivity contribution >= 4 is 29.6 Å². The summed E-state index contributed by atoms with van der Waals surface area (Å²) in [6.07, 6.45) is 1.03. The van der Waals surface area contributed by atoms with Crippen LogP contribution in [0.1, 0.15) is 87.5 Å². The summed E-state index contributed by atoms with van der Waals surface area (Å²) >= 11 is 0. The fraction of sp³-hybridized carbons (Fsp3) is 0.833. The highest BCUT2D eigenvalue weighted by molar-refractivity contribution is 5.95. The molecule has 3 rings (SSSR count). The molecule has 4 amide bonds. The van der Waals surface area contributed by atoms with Crippen LogP contribution in [0, 0.1) is 17.3 Å². The van der Waals surface area contributed by atoms with Gasteiger partial charge in [-0.25, -0.2) is 9.86 Å². The molecule has 3 heterocycles. The zero-order valence-electron chi connectivity index (χ0n) is 27.1. The molecule has 43 heavy (non-hydrogen) atoms. The maximum Gasteiger partial charge on any atom is 0.328 e. The van der Waals surface area contributed by atoms with Gasteiger partial charge in [0.05, 0.1) is 18.1 Å². The SMILES string of the molecule is CCC[C@H](O)CC[C@@H](C)[C@@H]1OC(=O)[C@H](C)NC(=O)[C@H]([C@@H](C)CCO)N(C)C(=O)[C@]2(C)CN(O2)C(=O)[C@H](C)NC(=O)C1(C)C. The van der Waals surface area contributed by atoms with E-state index < -0.39 is 76.9 Å². The molecule has 0 unspecified atom stereocenters. The molecule has 0 spiro atoms. The number of amides is 4. The first-order chi connectivity index (χ1) is 19.9. The molecule has 3 aliphatic heterocycles. The number of carbonyl (C=O) groups excluding carboxylic acids is 5. The highest BCUT2D eigenvalue weighted by Gasteiger charge is 2.54. The van der Waals surface area contributed by atoms with Crippen molar-refractivity contribution in [1.29, 1.82) is 0 Å². The van der Waals surface area contributed by atoms with Crippen LogP contribution >= 0.6 is 0 Å². The van der Waals surface area contributed by atoms with Crippen molar-refractivity contribution in [1.82, 2.24) is 20.6 Å². The second-order valence-electron chi connectivity index (χ2n) is 13.0. The number of aliphatic hydroxyl groups is 2. The normalized spacial score (nSPS) is 31.3. The third-order valence-corrected chi connectivity index (χ3v) is 8.65. The average molecular weight is 613 g/mol. The molecule has 0 radical (unpaired) electrons. The molecule has 0 aromatic heterocycles. The summed E-state index contributed by atoms with van der Waals surface area (Å²) in [4.78, 5) is 74.0. The number of nitrogens with one attached hydrogen (secondary N) is 2. The summed E-state index contributed by atoms with van der Waals surface area (Å²) in [7, 11) is 1.44. The van der Waals surface area contributed by atoms with E-state index in [0.717, 1.165) is 11.5 Å².